The third-order valence-corrected chi connectivity index (χ3v) is 5.60. The van der Waals surface area contributed by atoms with Crippen LogP contribution in [0.3, 0.4) is 0 Å². The highest BCUT2D eigenvalue weighted by molar-refractivity contribution is 9.09. The molecule has 0 radical (unpaired) electrons. The number of rotatable bonds is 2. The number of phenols is 1. The van der Waals surface area contributed by atoms with E-state index in [0.29, 0.717) is 24.0 Å². The van der Waals surface area contributed by atoms with Crippen LogP contribution in [0.2, 0.25) is 0 Å². The van der Waals surface area contributed by atoms with Gasteiger partial charge in [0.25, 0.3) is 0 Å². The van der Waals surface area contributed by atoms with Gasteiger partial charge in [-0.3, -0.25) is 0 Å². The summed E-state index contributed by atoms with van der Waals surface area (Å²) < 4.78 is 6.33. The first-order valence-electron chi connectivity index (χ1n) is 8.64. The molecule has 3 heteroatoms. The highest BCUT2D eigenvalue weighted by atomic mass is 79.9. The van der Waals surface area contributed by atoms with Gasteiger partial charge in [0, 0.05) is 35.6 Å². The van der Waals surface area contributed by atoms with Crippen LogP contribution in [0.5, 0.6) is 11.5 Å². The Morgan fingerprint density at radius 2 is 2.12 bits per heavy atom. The fraction of sp³-hybridized carbons (Fsp3) is 0.524. The molecule has 24 heavy (non-hydrogen) atoms. The van der Waals surface area contributed by atoms with Gasteiger partial charge in [0.05, 0.1) is 0 Å². The molecule has 1 heterocycles. The van der Waals surface area contributed by atoms with E-state index >= 15 is 0 Å². The van der Waals surface area contributed by atoms with Gasteiger partial charge >= 0.3 is 0 Å². The van der Waals surface area contributed by atoms with Gasteiger partial charge in [0.15, 0.2) is 0 Å². The van der Waals surface area contributed by atoms with Gasteiger partial charge in [-0.25, -0.2) is 0 Å². The maximum absolute atomic E-state index is 10.7. The number of phenolic OH excluding ortho intramolecular Hbond substituents is 1. The predicted molar refractivity (Wildman–Crippen MR) is 102 cm³/mol. The third kappa shape index (κ3) is 3.35. The Kier molecular flexibility index (Phi) is 4.97. The molecule has 3 rings (SSSR count). The summed E-state index contributed by atoms with van der Waals surface area (Å²) in [7, 11) is 0. The Labute approximate surface area is 153 Å². The lowest BCUT2D eigenvalue weighted by molar-refractivity contribution is 0.00754. The van der Waals surface area contributed by atoms with Gasteiger partial charge in [-0.05, 0) is 51.3 Å². The molecule has 1 aliphatic carbocycles. The van der Waals surface area contributed by atoms with E-state index in [4.69, 9.17) is 4.74 Å². The molecule has 1 N–H and O–H groups in total. The fourth-order valence-electron chi connectivity index (χ4n) is 4.02. The largest absolute Gasteiger partial charge is 0.508 e. The summed E-state index contributed by atoms with van der Waals surface area (Å²) in [6.45, 7) is 6.52. The van der Waals surface area contributed by atoms with Gasteiger partial charge in [-0.2, -0.15) is 0 Å². The molecule has 0 spiro atoms. The van der Waals surface area contributed by atoms with E-state index < -0.39 is 0 Å². The third-order valence-electron chi connectivity index (χ3n) is 5.20. The van der Waals surface area contributed by atoms with Gasteiger partial charge in [0.2, 0.25) is 0 Å². The molecule has 0 bridgehead atoms. The van der Waals surface area contributed by atoms with E-state index in [-0.39, 0.29) is 5.60 Å². The van der Waals surface area contributed by atoms with Crippen molar-refractivity contribution in [3.63, 3.8) is 0 Å². The highest BCUT2D eigenvalue weighted by Crippen LogP contribution is 2.54. The molecule has 0 amide bonds. The number of benzene rings is 1. The number of allylic oxidation sites excluding steroid dienone is 2. The Bertz CT molecular complexity index is 721. The van der Waals surface area contributed by atoms with Crippen LogP contribution in [0.4, 0.5) is 0 Å². The van der Waals surface area contributed by atoms with Crippen LogP contribution in [-0.2, 0) is 6.42 Å². The van der Waals surface area contributed by atoms with Crippen LogP contribution in [0, 0.1) is 17.8 Å². The zero-order valence-electron chi connectivity index (χ0n) is 14.7. The molecule has 0 saturated heterocycles. The molecule has 1 aromatic rings. The maximum atomic E-state index is 10.7. The van der Waals surface area contributed by atoms with E-state index in [1.807, 2.05) is 6.07 Å². The molecule has 2 nitrogen and oxygen atoms in total. The van der Waals surface area contributed by atoms with Gasteiger partial charge in [0.1, 0.15) is 17.1 Å². The first-order chi connectivity index (χ1) is 11.4. The lowest BCUT2D eigenvalue weighted by atomic mass is 9.67. The first-order valence-corrected chi connectivity index (χ1v) is 9.76. The van der Waals surface area contributed by atoms with Crippen molar-refractivity contribution in [1.82, 2.24) is 0 Å². The predicted octanol–water partition coefficient (Wildman–Crippen LogP) is 5.33. The quantitative estimate of drug-likeness (QED) is 0.421. The SMILES string of the molecule is CC1=CC[C@@H]2[C@@H](C1)c1c(O)cc(CC#CCCBr)cc1OC2(C)C. The topological polar surface area (TPSA) is 29.5 Å². The van der Waals surface area contributed by atoms with Crippen LogP contribution in [0.1, 0.15) is 57.1 Å². The normalized spacial score (nSPS) is 23.9. The van der Waals surface area contributed by atoms with E-state index in [1.54, 1.807) is 0 Å². The minimum absolute atomic E-state index is 0.221. The fourth-order valence-corrected chi connectivity index (χ4v) is 4.22. The Hall–Kier alpha value is -1.40. The molecule has 1 aliphatic heterocycles. The van der Waals surface area contributed by atoms with E-state index in [0.717, 1.165) is 41.5 Å². The van der Waals surface area contributed by atoms with E-state index in [1.165, 1.54) is 5.57 Å². The van der Waals surface area contributed by atoms with Crippen LogP contribution in [-0.4, -0.2) is 16.0 Å². The zero-order chi connectivity index (χ0) is 17.3. The second kappa shape index (κ2) is 6.84. The van der Waals surface area contributed by atoms with E-state index in [9.17, 15) is 5.11 Å². The van der Waals surface area contributed by atoms with Crippen LogP contribution in [0.25, 0.3) is 0 Å². The first kappa shape index (κ1) is 17.4. The molecule has 0 saturated carbocycles. The number of ether oxygens (including phenoxy) is 1. The molecule has 0 aromatic heterocycles. The summed E-state index contributed by atoms with van der Waals surface area (Å²) in [5.74, 6) is 8.24. The summed E-state index contributed by atoms with van der Waals surface area (Å²) in [5.41, 5.74) is 3.19. The van der Waals surface area contributed by atoms with Crippen molar-refractivity contribution in [3.05, 3.63) is 34.9 Å². The van der Waals surface area contributed by atoms with Crippen molar-refractivity contribution < 1.29 is 9.84 Å². The summed E-state index contributed by atoms with van der Waals surface area (Å²) in [6.07, 6.45) is 5.83. The van der Waals surface area contributed by atoms with Crippen molar-refractivity contribution in [2.24, 2.45) is 5.92 Å². The molecule has 0 fully saturated rings. The van der Waals surface area contributed by atoms with Crippen LogP contribution < -0.4 is 4.74 Å². The standard InChI is InChI=1S/C21H25BrO2/c1-14-8-9-17-16(11-14)20-18(23)12-15(7-5-4-6-10-22)13-19(20)24-21(17,2)3/h8,12-13,16-17,23H,6-7,9-11H2,1-3H3/t16-,17-/m1/s1. The lowest BCUT2D eigenvalue weighted by Gasteiger charge is -2.47. The average molecular weight is 389 g/mol. The molecule has 0 unspecified atom stereocenters. The van der Waals surface area contributed by atoms with Crippen molar-refractivity contribution in [3.8, 4) is 23.3 Å². The molecular weight excluding hydrogens is 364 g/mol. The molecular formula is C21H25BrO2. The number of hydrogen-bond donors (Lipinski definition) is 1. The van der Waals surface area contributed by atoms with Gasteiger partial charge in [-0.15, -0.1) is 5.92 Å². The summed E-state index contributed by atoms with van der Waals surface area (Å²) in [5, 5.41) is 11.6. The second-order valence-corrected chi connectivity index (χ2v) is 8.20. The lowest BCUT2D eigenvalue weighted by Crippen LogP contribution is -2.45. The number of halogens is 1. The number of alkyl halides is 1. The molecule has 2 atom stereocenters. The van der Waals surface area contributed by atoms with Crippen LogP contribution >= 0.6 is 15.9 Å². The van der Waals surface area contributed by atoms with Crippen molar-refractivity contribution in [2.75, 3.05) is 5.33 Å². The van der Waals surface area contributed by atoms with Gasteiger partial charge < -0.3 is 9.84 Å². The Morgan fingerprint density at radius 1 is 1.33 bits per heavy atom. The molecule has 1 aromatic carbocycles. The van der Waals surface area contributed by atoms with Gasteiger partial charge in [-0.1, -0.05) is 33.5 Å². The minimum atomic E-state index is -0.221. The van der Waals surface area contributed by atoms with E-state index in [2.05, 4.69) is 60.7 Å². The summed E-state index contributed by atoms with van der Waals surface area (Å²) in [4.78, 5) is 0. The van der Waals surface area contributed by atoms with Crippen molar-refractivity contribution in [2.45, 2.75) is 58.0 Å². The Balaban J connectivity index is 1.96. The molecule has 2 aliphatic rings. The monoisotopic (exact) mass is 388 g/mol. The highest BCUT2D eigenvalue weighted by Gasteiger charge is 2.45. The molecule has 128 valence electrons. The summed E-state index contributed by atoms with van der Waals surface area (Å²) >= 11 is 3.38. The average Bonchev–Trinajstić information content (AvgIpc) is 2.50. The number of hydrogen-bond acceptors (Lipinski definition) is 2. The van der Waals surface area contributed by atoms with Crippen LogP contribution in [0.15, 0.2) is 23.8 Å². The second-order valence-electron chi connectivity index (χ2n) is 7.40. The summed E-state index contributed by atoms with van der Waals surface area (Å²) in [6, 6.07) is 3.94. The maximum Gasteiger partial charge on any atom is 0.127 e. The van der Waals surface area contributed by atoms with Crippen molar-refractivity contribution >= 4 is 15.9 Å². The minimum Gasteiger partial charge on any atom is -0.508 e. The number of fused-ring (bicyclic) bond motifs is 3. The number of aromatic hydroxyl groups is 1. The van der Waals surface area contributed by atoms with Crippen molar-refractivity contribution in [1.29, 1.82) is 0 Å². The smallest absolute Gasteiger partial charge is 0.127 e. The Morgan fingerprint density at radius 3 is 2.88 bits per heavy atom. The zero-order valence-corrected chi connectivity index (χ0v) is 16.2.